The SMILES string of the molecule is c1ccc(-c2c3ccccc3c(-c3ccc(-c4ccc5c(c4)C4(c6ccccc6-c6ccccc64)c4ccccc4-5)nc3)c3ccc(-c4ccc(-c5nc6ccccc6n5-c5ccccc5)cc4)cc23)cc1. The van der Waals surface area contributed by atoms with Crippen LogP contribution in [0.25, 0.3) is 117 Å². The topological polar surface area (TPSA) is 30.7 Å². The molecular weight excluding hydrogens is 871 g/mol. The third kappa shape index (κ3) is 5.85. The maximum absolute atomic E-state index is 5.33. The number of hydrogen-bond acceptors (Lipinski definition) is 2. The minimum absolute atomic E-state index is 0.408. The smallest absolute Gasteiger partial charge is 0.145 e. The van der Waals surface area contributed by atoms with E-state index >= 15 is 0 Å². The van der Waals surface area contributed by atoms with Gasteiger partial charge in [0.05, 0.1) is 22.1 Å². The quantitative estimate of drug-likeness (QED) is 0.156. The third-order valence-electron chi connectivity index (χ3n) is 15.5. The van der Waals surface area contributed by atoms with Crippen molar-refractivity contribution in [1.29, 1.82) is 0 Å². The first-order valence-electron chi connectivity index (χ1n) is 24.8. The predicted octanol–water partition coefficient (Wildman–Crippen LogP) is 17.4. The van der Waals surface area contributed by atoms with Crippen molar-refractivity contribution in [3.8, 4) is 84.0 Å². The minimum Gasteiger partial charge on any atom is -0.292 e. The Morgan fingerprint density at radius 2 is 0.833 bits per heavy atom. The third-order valence-corrected chi connectivity index (χ3v) is 15.5. The van der Waals surface area contributed by atoms with Crippen molar-refractivity contribution < 1.29 is 0 Å². The van der Waals surface area contributed by atoms with Crippen LogP contribution in [0, 0.1) is 0 Å². The first-order chi connectivity index (χ1) is 35.7. The van der Waals surface area contributed by atoms with Crippen LogP contribution >= 0.6 is 0 Å². The molecule has 2 heterocycles. The molecule has 15 rings (SSSR count). The van der Waals surface area contributed by atoms with Crippen molar-refractivity contribution in [2.75, 3.05) is 0 Å². The molecule has 0 amide bonds. The summed E-state index contributed by atoms with van der Waals surface area (Å²) in [7, 11) is 0. The summed E-state index contributed by atoms with van der Waals surface area (Å²) in [6, 6.07) is 93.0. The van der Waals surface area contributed by atoms with Crippen molar-refractivity contribution >= 4 is 32.6 Å². The van der Waals surface area contributed by atoms with Gasteiger partial charge in [-0.1, -0.05) is 212 Å². The van der Waals surface area contributed by atoms with Crippen molar-refractivity contribution in [2.24, 2.45) is 0 Å². The summed E-state index contributed by atoms with van der Waals surface area (Å²) in [6.45, 7) is 0. The highest BCUT2D eigenvalue weighted by molar-refractivity contribution is 6.22. The van der Waals surface area contributed by atoms with E-state index in [4.69, 9.17) is 9.97 Å². The van der Waals surface area contributed by atoms with Crippen LogP contribution in [0.2, 0.25) is 0 Å². The number of benzene rings is 11. The van der Waals surface area contributed by atoms with E-state index in [1.54, 1.807) is 0 Å². The summed E-state index contributed by atoms with van der Waals surface area (Å²) in [5.74, 6) is 0.922. The molecule has 0 atom stereocenters. The molecule has 0 unspecified atom stereocenters. The average molecular weight is 914 g/mol. The molecule has 0 N–H and O–H groups in total. The van der Waals surface area contributed by atoms with Crippen LogP contribution in [-0.4, -0.2) is 14.5 Å². The van der Waals surface area contributed by atoms with Crippen molar-refractivity contribution in [3.63, 3.8) is 0 Å². The number of pyridine rings is 1. The standard InChI is InChI=1S/C69H43N3/c1-3-17-45(18-4-1)66-55-24-7-8-25-56(55)67(57-39-35-47(41-58(57)66)44-31-33-46(34-32-44)68-71-64-29-15-16-30-65(64)72(68)50-19-5-2-6-20-50)49-37-40-63(70-43-49)48-36-38-54-53-23-11-14-28-61(53)69(62(54)42-48)59-26-12-9-21-51(59)52-22-10-13-27-60(52)69/h1-43H. The van der Waals surface area contributed by atoms with Gasteiger partial charge in [0.25, 0.3) is 0 Å². The summed E-state index contributed by atoms with van der Waals surface area (Å²) >= 11 is 0. The molecule has 3 nitrogen and oxygen atoms in total. The van der Waals surface area contributed by atoms with E-state index in [-0.39, 0.29) is 0 Å². The molecule has 2 aliphatic rings. The van der Waals surface area contributed by atoms with Crippen LogP contribution in [0.4, 0.5) is 0 Å². The van der Waals surface area contributed by atoms with Gasteiger partial charge in [0.15, 0.2) is 0 Å². The lowest BCUT2D eigenvalue weighted by atomic mass is 9.70. The lowest BCUT2D eigenvalue weighted by molar-refractivity contribution is 0.794. The van der Waals surface area contributed by atoms with Crippen LogP contribution in [-0.2, 0) is 5.41 Å². The highest BCUT2D eigenvalue weighted by Gasteiger charge is 2.51. The van der Waals surface area contributed by atoms with Gasteiger partial charge in [-0.3, -0.25) is 9.55 Å². The van der Waals surface area contributed by atoms with Crippen molar-refractivity contribution in [3.05, 3.63) is 283 Å². The lowest BCUT2D eigenvalue weighted by Gasteiger charge is -2.30. The maximum atomic E-state index is 5.33. The Morgan fingerprint density at radius 1 is 0.319 bits per heavy atom. The van der Waals surface area contributed by atoms with Gasteiger partial charge in [0.1, 0.15) is 5.82 Å². The number of nitrogens with zero attached hydrogens (tertiary/aromatic N) is 3. The van der Waals surface area contributed by atoms with Gasteiger partial charge in [-0.15, -0.1) is 0 Å². The maximum Gasteiger partial charge on any atom is 0.145 e. The Hall–Kier alpha value is -9.44. The molecule has 0 fully saturated rings. The largest absolute Gasteiger partial charge is 0.292 e. The average Bonchev–Trinajstić information content (AvgIpc) is 4.09. The molecule has 0 bridgehead atoms. The zero-order valence-electron chi connectivity index (χ0n) is 39.2. The second-order valence-corrected chi connectivity index (χ2v) is 19.2. The molecule has 0 saturated heterocycles. The Kier molecular flexibility index (Phi) is 8.87. The van der Waals surface area contributed by atoms with Gasteiger partial charge < -0.3 is 0 Å². The van der Waals surface area contributed by atoms with Gasteiger partial charge in [-0.2, -0.15) is 0 Å². The second-order valence-electron chi connectivity index (χ2n) is 19.2. The molecule has 0 radical (unpaired) electrons. The fourth-order valence-electron chi connectivity index (χ4n) is 12.4. The molecule has 3 heteroatoms. The summed E-state index contributed by atoms with van der Waals surface area (Å²) in [6.07, 6.45) is 2.09. The minimum atomic E-state index is -0.408. The Labute approximate surface area is 417 Å². The molecule has 11 aromatic carbocycles. The van der Waals surface area contributed by atoms with E-state index in [2.05, 4.69) is 266 Å². The van der Waals surface area contributed by atoms with E-state index in [1.165, 1.54) is 82.7 Å². The molecule has 0 aliphatic heterocycles. The number of para-hydroxylation sites is 3. The second kappa shape index (κ2) is 15.8. The van der Waals surface area contributed by atoms with E-state index in [0.29, 0.717) is 0 Å². The van der Waals surface area contributed by atoms with E-state index in [9.17, 15) is 0 Å². The first-order valence-corrected chi connectivity index (χ1v) is 24.8. The molecule has 1 spiro atoms. The van der Waals surface area contributed by atoms with Crippen LogP contribution < -0.4 is 0 Å². The Balaban J connectivity index is 0.858. The lowest BCUT2D eigenvalue weighted by Crippen LogP contribution is -2.25. The van der Waals surface area contributed by atoms with E-state index in [0.717, 1.165) is 56.1 Å². The number of rotatable bonds is 6. The predicted molar refractivity (Wildman–Crippen MR) is 297 cm³/mol. The van der Waals surface area contributed by atoms with Gasteiger partial charge in [0, 0.05) is 28.6 Å². The summed E-state index contributed by atoms with van der Waals surface area (Å²) < 4.78 is 2.26. The highest BCUT2D eigenvalue weighted by atomic mass is 15.1. The van der Waals surface area contributed by atoms with Crippen molar-refractivity contribution in [1.82, 2.24) is 14.5 Å². The molecular formula is C69H43N3. The van der Waals surface area contributed by atoms with Crippen molar-refractivity contribution in [2.45, 2.75) is 5.41 Å². The van der Waals surface area contributed by atoms with Crippen LogP contribution in [0.5, 0.6) is 0 Å². The van der Waals surface area contributed by atoms with Gasteiger partial charge in [-0.05, 0) is 136 Å². The van der Waals surface area contributed by atoms with Crippen LogP contribution in [0.15, 0.2) is 261 Å². The zero-order valence-corrected chi connectivity index (χ0v) is 39.2. The van der Waals surface area contributed by atoms with E-state index in [1.807, 2.05) is 0 Å². The molecule has 2 aliphatic carbocycles. The van der Waals surface area contributed by atoms with Crippen LogP contribution in [0.3, 0.4) is 0 Å². The normalized spacial score (nSPS) is 12.8. The highest BCUT2D eigenvalue weighted by Crippen LogP contribution is 2.63. The zero-order chi connectivity index (χ0) is 47.3. The van der Waals surface area contributed by atoms with E-state index < -0.39 is 5.41 Å². The number of hydrogen-bond donors (Lipinski definition) is 0. The summed E-state index contributed by atoms with van der Waals surface area (Å²) in [5.41, 5.74) is 23.4. The number of aromatic nitrogens is 3. The monoisotopic (exact) mass is 913 g/mol. The molecule has 13 aromatic rings. The molecule has 0 saturated carbocycles. The first kappa shape index (κ1) is 40.4. The summed E-state index contributed by atoms with van der Waals surface area (Å²) in [4.78, 5) is 10.5. The molecule has 2 aromatic heterocycles. The van der Waals surface area contributed by atoms with Gasteiger partial charge >= 0.3 is 0 Å². The van der Waals surface area contributed by atoms with Gasteiger partial charge in [0.2, 0.25) is 0 Å². The fourth-order valence-corrected chi connectivity index (χ4v) is 12.4. The summed E-state index contributed by atoms with van der Waals surface area (Å²) in [5, 5.41) is 4.80. The van der Waals surface area contributed by atoms with Crippen LogP contribution in [0.1, 0.15) is 22.3 Å². The Morgan fingerprint density at radius 3 is 1.50 bits per heavy atom. The number of imidazole rings is 1. The Bertz CT molecular complexity index is 4240. The molecule has 72 heavy (non-hydrogen) atoms. The molecule has 334 valence electrons. The van der Waals surface area contributed by atoms with Gasteiger partial charge in [-0.25, -0.2) is 4.98 Å². The fraction of sp³-hybridized carbons (Fsp3) is 0.0145. The number of fused-ring (bicyclic) bond motifs is 13.